The van der Waals surface area contributed by atoms with Crippen molar-refractivity contribution in [3.63, 3.8) is 0 Å². The van der Waals surface area contributed by atoms with E-state index in [-0.39, 0.29) is 12.7 Å². The quantitative estimate of drug-likeness (QED) is 0.739. The summed E-state index contributed by atoms with van der Waals surface area (Å²) in [5.41, 5.74) is 0. The van der Waals surface area contributed by atoms with Crippen molar-refractivity contribution in [3.05, 3.63) is 0 Å². The highest BCUT2D eigenvalue weighted by molar-refractivity contribution is 4.86. The number of aliphatic hydroxyl groups is 1. The Labute approximate surface area is 111 Å². The third-order valence-electron chi connectivity index (χ3n) is 4.23. The molecule has 3 atom stereocenters. The summed E-state index contributed by atoms with van der Waals surface area (Å²) in [5, 5.41) is 12.9. The lowest BCUT2D eigenvalue weighted by atomic mass is 10.0. The van der Waals surface area contributed by atoms with E-state index in [1.807, 2.05) is 0 Å². The maximum atomic E-state index is 9.17. The second-order valence-electron chi connectivity index (χ2n) is 5.69. The summed E-state index contributed by atoms with van der Waals surface area (Å²) in [4.78, 5) is 2.47. The molecule has 0 bridgehead atoms. The Kier molecular flexibility index (Phi) is 5.89. The lowest BCUT2D eigenvalue weighted by Crippen LogP contribution is -2.48. The third kappa shape index (κ3) is 3.92. The van der Waals surface area contributed by atoms with Gasteiger partial charge in [-0.15, -0.1) is 0 Å². The Morgan fingerprint density at radius 2 is 2.28 bits per heavy atom. The predicted molar refractivity (Wildman–Crippen MR) is 72.7 cm³/mol. The topological polar surface area (TPSA) is 44.7 Å². The zero-order chi connectivity index (χ0) is 12.8. The molecule has 4 heteroatoms. The Morgan fingerprint density at radius 1 is 1.39 bits per heavy atom. The van der Waals surface area contributed by atoms with Crippen molar-refractivity contribution in [2.75, 3.05) is 39.4 Å². The van der Waals surface area contributed by atoms with Crippen molar-refractivity contribution in [3.8, 4) is 0 Å². The van der Waals surface area contributed by atoms with E-state index in [2.05, 4.69) is 17.1 Å². The molecule has 106 valence electrons. The van der Waals surface area contributed by atoms with Crippen molar-refractivity contribution in [1.29, 1.82) is 0 Å². The van der Waals surface area contributed by atoms with Crippen LogP contribution in [-0.2, 0) is 4.74 Å². The van der Waals surface area contributed by atoms with Gasteiger partial charge in [0, 0.05) is 25.7 Å². The van der Waals surface area contributed by atoms with Crippen molar-refractivity contribution < 1.29 is 9.84 Å². The van der Waals surface area contributed by atoms with Gasteiger partial charge >= 0.3 is 0 Å². The van der Waals surface area contributed by atoms with Gasteiger partial charge in [0.25, 0.3) is 0 Å². The van der Waals surface area contributed by atoms with Gasteiger partial charge in [0.15, 0.2) is 0 Å². The van der Waals surface area contributed by atoms with Gasteiger partial charge in [0.2, 0.25) is 0 Å². The van der Waals surface area contributed by atoms with E-state index in [1.54, 1.807) is 0 Å². The molecule has 0 aromatic heterocycles. The first kappa shape index (κ1) is 14.3. The molecule has 1 saturated heterocycles. The summed E-state index contributed by atoms with van der Waals surface area (Å²) in [5.74, 6) is 0.786. The number of nitrogens with zero attached hydrogens (tertiary/aromatic N) is 1. The predicted octanol–water partition coefficient (Wildman–Crippen LogP) is 0.848. The molecule has 2 rings (SSSR count). The molecular weight excluding hydrogens is 228 g/mol. The first-order chi connectivity index (χ1) is 8.83. The summed E-state index contributed by atoms with van der Waals surface area (Å²) < 4.78 is 5.51. The van der Waals surface area contributed by atoms with Gasteiger partial charge in [0.05, 0.1) is 19.3 Å². The van der Waals surface area contributed by atoms with Crippen LogP contribution in [0.1, 0.15) is 32.6 Å². The van der Waals surface area contributed by atoms with E-state index >= 15 is 0 Å². The molecule has 0 spiro atoms. The Hall–Kier alpha value is -0.160. The molecule has 4 nitrogen and oxygen atoms in total. The molecule has 0 amide bonds. The van der Waals surface area contributed by atoms with Crippen molar-refractivity contribution in [2.45, 2.75) is 44.8 Å². The first-order valence-electron chi connectivity index (χ1n) is 7.51. The van der Waals surface area contributed by atoms with Crippen LogP contribution in [0.25, 0.3) is 0 Å². The minimum atomic E-state index is 0.0298. The van der Waals surface area contributed by atoms with Gasteiger partial charge in [-0.25, -0.2) is 0 Å². The molecule has 0 aromatic rings. The largest absolute Gasteiger partial charge is 0.394 e. The van der Waals surface area contributed by atoms with Crippen LogP contribution in [0.15, 0.2) is 0 Å². The summed E-state index contributed by atoms with van der Waals surface area (Å²) in [6.45, 7) is 7.38. The van der Waals surface area contributed by atoms with Crippen LogP contribution in [0.4, 0.5) is 0 Å². The normalized spacial score (nSPS) is 34.0. The molecule has 2 aliphatic rings. The smallest absolute Gasteiger partial charge is 0.0932 e. The molecule has 1 aliphatic carbocycles. The highest BCUT2D eigenvalue weighted by atomic mass is 16.5. The van der Waals surface area contributed by atoms with E-state index in [0.717, 1.165) is 32.2 Å². The lowest BCUT2D eigenvalue weighted by molar-refractivity contribution is -0.0566. The van der Waals surface area contributed by atoms with Crippen LogP contribution in [0.3, 0.4) is 0 Å². The number of hydrogen-bond donors (Lipinski definition) is 2. The maximum Gasteiger partial charge on any atom is 0.0932 e. The molecule has 1 saturated carbocycles. The molecule has 0 radical (unpaired) electrons. The van der Waals surface area contributed by atoms with E-state index in [1.165, 1.54) is 32.2 Å². The third-order valence-corrected chi connectivity index (χ3v) is 4.23. The zero-order valence-corrected chi connectivity index (χ0v) is 11.6. The van der Waals surface area contributed by atoms with Crippen molar-refractivity contribution in [2.24, 2.45) is 5.92 Å². The molecule has 2 fully saturated rings. The fraction of sp³-hybridized carbons (Fsp3) is 1.00. The maximum absolute atomic E-state index is 9.17. The molecule has 18 heavy (non-hydrogen) atoms. The summed E-state index contributed by atoms with van der Waals surface area (Å²) >= 11 is 0. The van der Waals surface area contributed by atoms with E-state index in [0.29, 0.717) is 6.04 Å². The summed E-state index contributed by atoms with van der Waals surface area (Å²) in [6, 6.07) is 0.709. The second-order valence-corrected chi connectivity index (χ2v) is 5.69. The SMILES string of the molecule is CCCNC1CCCC1CN1CCOC(CO)C1. The van der Waals surface area contributed by atoms with Gasteiger partial charge in [-0.1, -0.05) is 13.3 Å². The Balaban J connectivity index is 1.76. The minimum Gasteiger partial charge on any atom is -0.394 e. The van der Waals surface area contributed by atoms with Crippen LogP contribution in [0, 0.1) is 5.92 Å². The van der Waals surface area contributed by atoms with E-state index in [4.69, 9.17) is 4.74 Å². The molecule has 2 N–H and O–H groups in total. The number of morpholine rings is 1. The zero-order valence-electron chi connectivity index (χ0n) is 11.6. The Morgan fingerprint density at radius 3 is 3.06 bits per heavy atom. The highest BCUT2D eigenvalue weighted by Crippen LogP contribution is 2.27. The average molecular weight is 256 g/mol. The minimum absolute atomic E-state index is 0.0298. The van der Waals surface area contributed by atoms with Gasteiger partial charge in [-0.2, -0.15) is 0 Å². The van der Waals surface area contributed by atoms with Crippen LogP contribution in [-0.4, -0.2) is 61.5 Å². The number of ether oxygens (including phenoxy) is 1. The van der Waals surface area contributed by atoms with Crippen molar-refractivity contribution in [1.82, 2.24) is 10.2 Å². The fourth-order valence-electron chi connectivity index (χ4n) is 3.24. The van der Waals surface area contributed by atoms with Crippen LogP contribution >= 0.6 is 0 Å². The number of nitrogens with one attached hydrogen (secondary N) is 1. The molecule has 0 aromatic carbocycles. The summed E-state index contributed by atoms with van der Waals surface area (Å²) in [7, 11) is 0. The van der Waals surface area contributed by atoms with Crippen LogP contribution in [0.5, 0.6) is 0 Å². The standard InChI is InChI=1S/C14H28N2O2/c1-2-6-15-14-5-3-4-12(14)9-16-7-8-18-13(10-16)11-17/h12-15,17H,2-11H2,1H3. The monoisotopic (exact) mass is 256 g/mol. The molecule has 3 unspecified atom stereocenters. The number of aliphatic hydroxyl groups excluding tert-OH is 1. The lowest BCUT2D eigenvalue weighted by Gasteiger charge is -2.35. The van der Waals surface area contributed by atoms with Crippen LogP contribution < -0.4 is 5.32 Å². The van der Waals surface area contributed by atoms with Crippen molar-refractivity contribution >= 4 is 0 Å². The molecule has 1 aliphatic heterocycles. The average Bonchev–Trinajstić information content (AvgIpc) is 2.84. The van der Waals surface area contributed by atoms with E-state index in [9.17, 15) is 5.11 Å². The molecular formula is C14H28N2O2. The fourth-order valence-corrected chi connectivity index (χ4v) is 3.24. The van der Waals surface area contributed by atoms with Gasteiger partial charge in [-0.3, -0.25) is 4.90 Å². The van der Waals surface area contributed by atoms with Gasteiger partial charge < -0.3 is 15.2 Å². The second kappa shape index (κ2) is 7.43. The van der Waals surface area contributed by atoms with Gasteiger partial charge in [-0.05, 0) is 31.7 Å². The highest BCUT2D eigenvalue weighted by Gasteiger charge is 2.30. The van der Waals surface area contributed by atoms with E-state index < -0.39 is 0 Å². The Bertz CT molecular complexity index is 238. The first-order valence-corrected chi connectivity index (χ1v) is 7.51. The summed E-state index contributed by atoms with van der Waals surface area (Å²) in [6.07, 6.45) is 5.29. The van der Waals surface area contributed by atoms with Crippen LogP contribution in [0.2, 0.25) is 0 Å². The number of hydrogen-bond acceptors (Lipinski definition) is 4. The number of rotatable bonds is 6. The molecule has 1 heterocycles. The van der Waals surface area contributed by atoms with Gasteiger partial charge in [0.1, 0.15) is 0 Å².